The Balaban J connectivity index is 3.16. The summed E-state index contributed by atoms with van der Waals surface area (Å²) in [4.78, 5) is 10.8. The minimum atomic E-state index is -0.357. The van der Waals surface area contributed by atoms with E-state index in [0.29, 0.717) is 25.1 Å². The van der Waals surface area contributed by atoms with Gasteiger partial charge in [-0.15, -0.1) is 0 Å². The maximum atomic E-state index is 10.8. The first kappa shape index (κ1) is 12.1. The lowest BCUT2D eigenvalue weighted by Gasteiger charge is -2.04. The Hall–Kier alpha value is -0.870. The summed E-state index contributed by atoms with van der Waals surface area (Å²) in [6, 6.07) is 0. The van der Waals surface area contributed by atoms with Crippen molar-refractivity contribution in [2.45, 2.75) is 13.3 Å². The van der Waals surface area contributed by atoms with Gasteiger partial charge in [-0.25, -0.2) is 4.79 Å². The third-order valence-corrected chi connectivity index (χ3v) is 1.37. The van der Waals surface area contributed by atoms with Crippen LogP contribution in [0, 0.1) is 0 Å². The Morgan fingerprint density at radius 2 is 2.23 bits per heavy atom. The predicted molar refractivity (Wildman–Crippen MR) is 50.3 cm³/mol. The van der Waals surface area contributed by atoms with Gasteiger partial charge in [-0.1, -0.05) is 6.58 Å². The molecule has 0 rings (SSSR count). The predicted octanol–water partition coefficient (Wildman–Crippen LogP) is 0.0777. The number of nitrogens with one attached hydrogen (secondary N) is 1. The van der Waals surface area contributed by atoms with Crippen LogP contribution in [0.3, 0.4) is 0 Å². The van der Waals surface area contributed by atoms with E-state index in [-0.39, 0.29) is 12.6 Å². The molecule has 0 bridgehead atoms. The molecule has 0 saturated carbocycles. The molecule has 0 aromatic heterocycles. The first-order valence-corrected chi connectivity index (χ1v) is 4.32. The SMILES string of the molecule is C=C(C)C(=O)OCCNCCCO. The van der Waals surface area contributed by atoms with E-state index in [4.69, 9.17) is 9.84 Å². The number of esters is 1. The van der Waals surface area contributed by atoms with Gasteiger partial charge in [0, 0.05) is 18.7 Å². The van der Waals surface area contributed by atoms with E-state index >= 15 is 0 Å². The van der Waals surface area contributed by atoms with Crippen molar-refractivity contribution < 1.29 is 14.6 Å². The molecular formula is C9H17NO3. The lowest BCUT2D eigenvalue weighted by atomic mass is 10.4. The average Bonchev–Trinajstić information content (AvgIpc) is 2.10. The van der Waals surface area contributed by atoms with Crippen LogP contribution in [0.4, 0.5) is 0 Å². The highest BCUT2D eigenvalue weighted by molar-refractivity contribution is 5.86. The van der Waals surface area contributed by atoms with Gasteiger partial charge in [-0.05, 0) is 19.9 Å². The summed E-state index contributed by atoms with van der Waals surface area (Å²) in [6.45, 7) is 6.94. The second kappa shape index (κ2) is 7.76. The molecule has 4 heteroatoms. The largest absolute Gasteiger partial charge is 0.461 e. The van der Waals surface area contributed by atoms with E-state index in [1.54, 1.807) is 6.92 Å². The molecule has 0 spiro atoms. The van der Waals surface area contributed by atoms with Crippen LogP contribution in [0.25, 0.3) is 0 Å². The number of carbonyl (C=O) groups is 1. The molecule has 0 heterocycles. The lowest BCUT2D eigenvalue weighted by Crippen LogP contribution is -2.23. The van der Waals surface area contributed by atoms with Crippen molar-refractivity contribution in [2.75, 3.05) is 26.3 Å². The summed E-state index contributed by atoms with van der Waals surface area (Å²) in [7, 11) is 0. The summed E-state index contributed by atoms with van der Waals surface area (Å²) in [6.07, 6.45) is 0.717. The zero-order chi connectivity index (χ0) is 10.1. The molecule has 4 nitrogen and oxygen atoms in total. The number of carbonyl (C=O) groups excluding carboxylic acids is 1. The summed E-state index contributed by atoms with van der Waals surface area (Å²) in [5, 5.41) is 11.5. The van der Waals surface area contributed by atoms with Crippen LogP contribution < -0.4 is 5.32 Å². The van der Waals surface area contributed by atoms with Gasteiger partial charge in [-0.2, -0.15) is 0 Å². The fourth-order valence-corrected chi connectivity index (χ4v) is 0.668. The first-order chi connectivity index (χ1) is 6.18. The van der Waals surface area contributed by atoms with Gasteiger partial charge in [0.1, 0.15) is 6.61 Å². The summed E-state index contributed by atoms with van der Waals surface area (Å²) in [5.74, 6) is -0.357. The van der Waals surface area contributed by atoms with Crippen molar-refractivity contribution in [3.05, 3.63) is 12.2 Å². The zero-order valence-corrected chi connectivity index (χ0v) is 8.01. The second-order valence-corrected chi connectivity index (χ2v) is 2.74. The quantitative estimate of drug-likeness (QED) is 0.336. The van der Waals surface area contributed by atoms with Crippen LogP contribution in [0.5, 0.6) is 0 Å². The van der Waals surface area contributed by atoms with E-state index in [2.05, 4.69) is 11.9 Å². The molecule has 0 saturated heterocycles. The molecule has 0 aliphatic heterocycles. The Bertz CT molecular complexity index is 168. The maximum Gasteiger partial charge on any atom is 0.333 e. The van der Waals surface area contributed by atoms with E-state index in [1.165, 1.54) is 0 Å². The Labute approximate surface area is 78.6 Å². The molecule has 76 valence electrons. The van der Waals surface area contributed by atoms with Gasteiger partial charge in [0.2, 0.25) is 0 Å². The van der Waals surface area contributed by atoms with Crippen LogP contribution in [0.2, 0.25) is 0 Å². The molecule has 0 aromatic carbocycles. The molecule has 0 aliphatic carbocycles. The van der Waals surface area contributed by atoms with Gasteiger partial charge in [0.05, 0.1) is 0 Å². The van der Waals surface area contributed by atoms with Crippen molar-refractivity contribution >= 4 is 5.97 Å². The highest BCUT2D eigenvalue weighted by Gasteiger charge is 2.00. The van der Waals surface area contributed by atoms with Gasteiger partial charge < -0.3 is 15.2 Å². The van der Waals surface area contributed by atoms with Crippen molar-refractivity contribution in [1.82, 2.24) is 5.32 Å². The van der Waals surface area contributed by atoms with Crippen molar-refractivity contribution in [3.8, 4) is 0 Å². The number of hydrogen-bond acceptors (Lipinski definition) is 4. The highest BCUT2D eigenvalue weighted by Crippen LogP contribution is 1.90. The van der Waals surface area contributed by atoms with Crippen LogP contribution in [-0.4, -0.2) is 37.4 Å². The topological polar surface area (TPSA) is 58.6 Å². The molecule has 0 unspecified atom stereocenters. The van der Waals surface area contributed by atoms with Crippen LogP contribution in [0.1, 0.15) is 13.3 Å². The normalized spacial score (nSPS) is 9.69. The van der Waals surface area contributed by atoms with E-state index in [0.717, 1.165) is 6.54 Å². The highest BCUT2D eigenvalue weighted by atomic mass is 16.5. The molecule has 0 amide bonds. The first-order valence-electron chi connectivity index (χ1n) is 4.32. The minimum Gasteiger partial charge on any atom is -0.461 e. The molecular weight excluding hydrogens is 170 g/mol. The second-order valence-electron chi connectivity index (χ2n) is 2.74. The third-order valence-electron chi connectivity index (χ3n) is 1.37. The van der Waals surface area contributed by atoms with E-state index in [1.807, 2.05) is 0 Å². The average molecular weight is 187 g/mol. The number of rotatable bonds is 7. The molecule has 0 atom stereocenters. The van der Waals surface area contributed by atoms with Crippen molar-refractivity contribution in [1.29, 1.82) is 0 Å². The van der Waals surface area contributed by atoms with Gasteiger partial charge in [0.15, 0.2) is 0 Å². The van der Waals surface area contributed by atoms with Crippen LogP contribution >= 0.6 is 0 Å². The number of aliphatic hydroxyl groups excluding tert-OH is 1. The zero-order valence-electron chi connectivity index (χ0n) is 8.01. The summed E-state index contributed by atoms with van der Waals surface area (Å²) < 4.78 is 4.82. The molecule has 0 radical (unpaired) electrons. The fraction of sp³-hybridized carbons (Fsp3) is 0.667. The van der Waals surface area contributed by atoms with Crippen molar-refractivity contribution in [2.24, 2.45) is 0 Å². The molecule has 0 fully saturated rings. The molecule has 13 heavy (non-hydrogen) atoms. The summed E-state index contributed by atoms with van der Waals surface area (Å²) in [5.41, 5.74) is 0.412. The molecule has 0 aromatic rings. The van der Waals surface area contributed by atoms with Gasteiger partial charge >= 0.3 is 5.97 Å². The number of hydrogen-bond donors (Lipinski definition) is 2. The minimum absolute atomic E-state index is 0.179. The van der Waals surface area contributed by atoms with E-state index < -0.39 is 0 Å². The number of aliphatic hydroxyl groups is 1. The lowest BCUT2D eigenvalue weighted by molar-refractivity contribution is -0.138. The molecule has 0 aliphatic rings. The Kier molecular flexibility index (Phi) is 7.24. The van der Waals surface area contributed by atoms with Gasteiger partial charge in [0.25, 0.3) is 0 Å². The number of ether oxygens (including phenoxy) is 1. The van der Waals surface area contributed by atoms with Crippen LogP contribution in [0.15, 0.2) is 12.2 Å². The van der Waals surface area contributed by atoms with Crippen molar-refractivity contribution in [3.63, 3.8) is 0 Å². The third kappa shape index (κ3) is 7.49. The molecule has 2 N–H and O–H groups in total. The summed E-state index contributed by atoms with van der Waals surface area (Å²) >= 11 is 0. The monoisotopic (exact) mass is 187 g/mol. The van der Waals surface area contributed by atoms with Gasteiger partial charge in [-0.3, -0.25) is 0 Å². The van der Waals surface area contributed by atoms with E-state index in [9.17, 15) is 4.79 Å². The smallest absolute Gasteiger partial charge is 0.333 e. The Morgan fingerprint density at radius 1 is 1.54 bits per heavy atom. The standard InChI is InChI=1S/C9H17NO3/c1-8(2)9(12)13-7-5-10-4-3-6-11/h10-11H,1,3-7H2,2H3. The Morgan fingerprint density at radius 3 is 2.77 bits per heavy atom. The van der Waals surface area contributed by atoms with Crippen LogP contribution in [-0.2, 0) is 9.53 Å². The fourth-order valence-electron chi connectivity index (χ4n) is 0.668. The maximum absolute atomic E-state index is 10.8.